The molecule has 1 aliphatic heterocycles. The van der Waals surface area contributed by atoms with E-state index in [1.807, 2.05) is 45.3 Å². The first kappa shape index (κ1) is 18.7. The van der Waals surface area contributed by atoms with Crippen LogP contribution in [0.25, 0.3) is 51.5 Å². The Bertz CT molecular complexity index is 1730. The molecule has 0 N–H and O–H groups in total. The third-order valence-electron chi connectivity index (χ3n) is 6.59. The van der Waals surface area contributed by atoms with Gasteiger partial charge >= 0.3 is 0 Å². The van der Waals surface area contributed by atoms with Crippen LogP contribution in [0.1, 0.15) is 0 Å². The first-order valence-corrected chi connectivity index (χ1v) is 16.6. The quantitative estimate of drug-likeness (QED) is 0.156. The van der Waals surface area contributed by atoms with E-state index in [4.69, 9.17) is 12.2 Å². The number of hydrogen-bond acceptors (Lipinski definition) is 5. The zero-order chi connectivity index (χ0) is 21.0. The lowest BCUT2D eigenvalue weighted by atomic mass is 9.98. The SMILES string of the molecule is [S-][P+]1(c2ccccc2)c2c(c3sccc3c3sccc23)-c2c1c1sccc1c1sccc21. The summed E-state index contributed by atoms with van der Waals surface area (Å²) in [4.78, 5) is 0. The standard InChI is InChI=1S/C26H13PS5/c28-27(14-4-2-1-3-5-14)21-16-7-11-30-24(16)17-8-12-31-25(17)20(21)19-15-6-10-29-23(15)18-9-13-32-26(18)22(19)27/h1-13H. The van der Waals surface area contributed by atoms with Crippen molar-refractivity contribution in [1.82, 2.24) is 0 Å². The second kappa shape index (κ2) is 6.44. The number of benzene rings is 3. The minimum Gasteiger partial charge on any atom is -0.540 e. The summed E-state index contributed by atoms with van der Waals surface area (Å²) in [5, 5.41) is 18.7. The fourth-order valence-corrected chi connectivity index (χ4v) is 14.9. The van der Waals surface area contributed by atoms with Crippen LogP contribution in [0.5, 0.6) is 0 Å². The van der Waals surface area contributed by atoms with Crippen LogP contribution in [0.15, 0.2) is 76.1 Å². The minimum atomic E-state index is -2.23. The number of thiophene rings is 4. The van der Waals surface area contributed by atoms with E-state index in [-0.39, 0.29) is 0 Å². The van der Waals surface area contributed by atoms with Crippen molar-refractivity contribution in [2.45, 2.75) is 0 Å². The number of hydrogen-bond donors (Lipinski definition) is 0. The molecule has 32 heavy (non-hydrogen) atoms. The van der Waals surface area contributed by atoms with Gasteiger partial charge < -0.3 is 12.2 Å². The normalized spacial score (nSPS) is 17.7. The third-order valence-corrected chi connectivity index (χ3v) is 15.4. The van der Waals surface area contributed by atoms with Crippen molar-refractivity contribution in [2.75, 3.05) is 0 Å². The molecule has 6 heteroatoms. The van der Waals surface area contributed by atoms with Crippen molar-refractivity contribution in [1.29, 1.82) is 0 Å². The molecule has 0 nitrogen and oxygen atoms in total. The highest BCUT2D eigenvalue weighted by Crippen LogP contribution is 2.66. The summed E-state index contributed by atoms with van der Waals surface area (Å²) in [5.41, 5.74) is 2.83. The average Bonchev–Trinajstić information content (AvgIpc) is 3.62. The molecule has 7 aromatic rings. The molecule has 0 saturated carbocycles. The molecular weight excluding hydrogens is 504 g/mol. The Labute approximate surface area is 206 Å². The number of fused-ring (bicyclic) bond motifs is 13. The Hall–Kier alpha value is -1.72. The fraction of sp³-hybridized carbons (Fsp3) is 0. The smallest absolute Gasteiger partial charge is 0.109 e. The van der Waals surface area contributed by atoms with Gasteiger partial charge in [-0.2, -0.15) is 0 Å². The van der Waals surface area contributed by atoms with Crippen LogP contribution < -0.4 is 15.9 Å². The van der Waals surface area contributed by atoms with Crippen molar-refractivity contribution in [3.63, 3.8) is 0 Å². The highest BCUT2D eigenvalue weighted by Gasteiger charge is 2.48. The molecule has 0 radical (unpaired) electrons. The molecule has 0 fully saturated rings. The van der Waals surface area contributed by atoms with E-state index in [0.29, 0.717) is 0 Å². The van der Waals surface area contributed by atoms with Crippen LogP contribution in [0, 0.1) is 0 Å². The van der Waals surface area contributed by atoms with Crippen molar-refractivity contribution in [2.24, 2.45) is 0 Å². The lowest BCUT2D eigenvalue weighted by Crippen LogP contribution is -2.26. The molecule has 0 aliphatic carbocycles. The molecule has 1 unspecified atom stereocenters. The van der Waals surface area contributed by atoms with Gasteiger partial charge in [-0.25, -0.2) is 0 Å². The summed E-state index contributed by atoms with van der Waals surface area (Å²) in [5.74, 6) is 0. The Morgan fingerprint density at radius 3 is 1.81 bits per heavy atom. The largest absolute Gasteiger partial charge is 0.540 e. The van der Waals surface area contributed by atoms with Crippen LogP contribution in [0.3, 0.4) is 0 Å². The summed E-state index contributed by atoms with van der Waals surface area (Å²) in [6.07, 6.45) is 0. The second-order valence-corrected chi connectivity index (χ2v) is 16.0. The molecule has 8 rings (SSSR count). The molecule has 5 heterocycles. The van der Waals surface area contributed by atoms with Crippen molar-refractivity contribution in [3.8, 4) is 11.1 Å². The van der Waals surface area contributed by atoms with Crippen LogP contribution in [0.2, 0.25) is 0 Å². The van der Waals surface area contributed by atoms with E-state index >= 15 is 0 Å². The molecule has 0 bridgehead atoms. The summed E-state index contributed by atoms with van der Waals surface area (Å²) in [6, 6.07) is 20.2. The van der Waals surface area contributed by atoms with Gasteiger partial charge in [0.1, 0.15) is 10.6 Å². The van der Waals surface area contributed by atoms with E-state index in [9.17, 15) is 0 Å². The van der Waals surface area contributed by atoms with Gasteiger partial charge in [-0.3, -0.25) is 0 Å². The van der Waals surface area contributed by atoms with Gasteiger partial charge in [0, 0.05) is 46.8 Å². The monoisotopic (exact) mass is 516 g/mol. The van der Waals surface area contributed by atoms with Gasteiger partial charge in [0.2, 0.25) is 0 Å². The maximum atomic E-state index is 6.93. The second-order valence-electron chi connectivity index (χ2n) is 8.05. The molecule has 4 aromatic heterocycles. The molecular formula is C26H13PS5. The predicted molar refractivity (Wildman–Crippen MR) is 153 cm³/mol. The Balaban J connectivity index is 1.74. The Morgan fingerprint density at radius 2 is 1.06 bits per heavy atom. The van der Waals surface area contributed by atoms with Gasteiger partial charge in [-0.1, -0.05) is 18.2 Å². The fourth-order valence-electron chi connectivity index (χ4n) is 5.38. The van der Waals surface area contributed by atoms with Gasteiger partial charge in [-0.15, -0.1) is 45.3 Å². The van der Waals surface area contributed by atoms with E-state index < -0.39 is 6.46 Å². The van der Waals surface area contributed by atoms with E-state index in [0.717, 1.165) is 0 Å². The van der Waals surface area contributed by atoms with Crippen molar-refractivity contribution in [3.05, 3.63) is 76.1 Å². The first-order valence-electron chi connectivity index (χ1n) is 10.3. The molecule has 0 amide bonds. The third kappa shape index (κ3) is 2.09. The van der Waals surface area contributed by atoms with E-state index in [1.54, 1.807) is 0 Å². The Kier molecular flexibility index (Phi) is 3.76. The van der Waals surface area contributed by atoms with Gasteiger partial charge in [-0.05, 0) is 64.4 Å². The lowest BCUT2D eigenvalue weighted by Gasteiger charge is -2.30. The van der Waals surface area contributed by atoms with Crippen LogP contribution >= 0.6 is 51.8 Å². The van der Waals surface area contributed by atoms with Crippen molar-refractivity contribution < 1.29 is 0 Å². The maximum Gasteiger partial charge on any atom is 0.109 e. The molecule has 0 saturated heterocycles. The zero-order valence-electron chi connectivity index (χ0n) is 16.5. The molecule has 1 aliphatic rings. The van der Waals surface area contributed by atoms with Gasteiger partial charge in [0.15, 0.2) is 0 Å². The lowest BCUT2D eigenvalue weighted by molar-refractivity contribution is 1.77. The summed E-state index contributed by atoms with van der Waals surface area (Å²) in [7, 11) is 0. The van der Waals surface area contributed by atoms with Crippen LogP contribution in [-0.2, 0) is 12.2 Å². The molecule has 3 aromatic carbocycles. The van der Waals surface area contributed by atoms with Gasteiger partial charge in [0.05, 0.1) is 10.0 Å². The predicted octanol–water partition coefficient (Wildman–Crippen LogP) is 8.28. The minimum absolute atomic E-state index is 1.31. The summed E-state index contributed by atoms with van der Waals surface area (Å²) in [6.45, 7) is -2.23. The van der Waals surface area contributed by atoms with Crippen LogP contribution in [-0.4, -0.2) is 0 Å². The number of rotatable bonds is 1. The van der Waals surface area contributed by atoms with Crippen molar-refractivity contribution >= 4 is 120 Å². The molecule has 1 atom stereocenters. The summed E-state index contributed by atoms with van der Waals surface area (Å²) >= 11 is 14.4. The molecule has 0 spiro atoms. The average molecular weight is 517 g/mol. The maximum absolute atomic E-state index is 6.93. The molecule has 152 valence electrons. The highest BCUT2D eigenvalue weighted by molar-refractivity contribution is 8.52. The Morgan fingerprint density at radius 1 is 0.500 bits per heavy atom. The first-order chi connectivity index (χ1) is 15.8. The van der Waals surface area contributed by atoms with Crippen LogP contribution in [0.4, 0.5) is 0 Å². The van der Waals surface area contributed by atoms with E-state index in [2.05, 4.69) is 76.1 Å². The topological polar surface area (TPSA) is 0 Å². The van der Waals surface area contributed by atoms with Gasteiger partial charge in [0.25, 0.3) is 0 Å². The summed E-state index contributed by atoms with van der Waals surface area (Å²) < 4.78 is 5.59. The highest BCUT2D eigenvalue weighted by atomic mass is 32.7. The zero-order valence-corrected chi connectivity index (χ0v) is 21.5. The van der Waals surface area contributed by atoms with E-state index in [1.165, 1.54) is 67.4 Å².